The molecule has 1 N–H and O–H groups in total. The first-order chi connectivity index (χ1) is 10.5. The van der Waals surface area contributed by atoms with Gasteiger partial charge in [-0.25, -0.2) is 4.79 Å². The van der Waals surface area contributed by atoms with Crippen molar-refractivity contribution in [1.29, 1.82) is 0 Å². The number of carboxylic acid groups (broad SMARTS) is 1. The molecule has 10 heteroatoms. The Morgan fingerprint density at radius 3 is 1.78 bits per heavy atom. The van der Waals surface area contributed by atoms with Crippen LogP contribution >= 0.6 is 15.9 Å². The van der Waals surface area contributed by atoms with Crippen LogP contribution in [0.25, 0.3) is 0 Å². The first kappa shape index (κ1) is 19.4. The summed E-state index contributed by atoms with van der Waals surface area (Å²) in [7, 11) is 0. The lowest BCUT2D eigenvalue weighted by molar-refractivity contribution is -0.251. The maximum Gasteiger partial charge on any atom is 0.336 e. The predicted molar refractivity (Wildman–Crippen MR) is 76.5 cm³/mol. The molecule has 0 aromatic rings. The molecular weight excluding hydrogens is 380 g/mol. The Morgan fingerprint density at radius 2 is 1.39 bits per heavy atom. The van der Waals surface area contributed by atoms with Gasteiger partial charge < -0.3 is 24.1 Å². The van der Waals surface area contributed by atoms with Gasteiger partial charge in [0.05, 0.1) is 0 Å². The molecule has 0 spiro atoms. The molecule has 1 unspecified atom stereocenters. The van der Waals surface area contributed by atoms with Crippen LogP contribution < -0.4 is 0 Å². The Bertz CT molecular complexity index is 516. The van der Waals surface area contributed by atoms with Gasteiger partial charge in [0.1, 0.15) is 0 Å². The van der Waals surface area contributed by atoms with E-state index in [9.17, 15) is 24.3 Å². The van der Waals surface area contributed by atoms with E-state index < -0.39 is 52.8 Å². The van der Waals surface area contributed by atoms with Gasteiger partial charge in [-0.05, 0) is 6.92 Å². The zero-order chi connectivity index (χ0) is 17.9. The molecular formula is C13H17BrO9. The van der Waals surface area contributed by atoms with Crippen molar-refractivity contribution in [1.82, 2.24) is 0 Å². The molecule has 1 fully saturated rings. The van der Waals surface area contributed by atoms with Crippen LogP contribution in [0.3, 0.4) is 0 Å². The third-order valence-corrected chi connectivity index (χ3v) is 3.56. The van der Waals surface area contributed by atoms with Gasteiger partial charge in [0.25, 0.3) is 0 Å². The molecule has 1 aliphatic rings. The Balaban J connectivity index is 3.32. The van der Waals surface area contributed by atoms with Gasteiger partial charge in [-0.15, -0.1) is 0 Å². The number of carbonyl (C=O) groups is 4. The van der Waals surface area contributed by atoms with E-state index in [0.29, 0.717) is 0 Å². The number of carboxylic acids is 1. The topological polar surface area (TPSA) is 125 Å². The lowest BCUT2D eigenvalue weighted by Crippen LogP contribution is -2.65. The maximum absolute atomic E-state index is 11.4. The normalized spacial score (nSPS) is 33.4. The highest BCUT2D eigenvalue weighted by atomic mass is 79.9. The molecule has 0 aromatic carbocycles. The van der Waals surface area contributed by atoms with Crippen molar-refractivity contribution < 1.29 is 43.2 Å². The number of alkyl halides is 1. The van der Waals surface area contributed by atoms with Crippen LogP contribution in [0.1, 0.15) is 27.7 Å². The molecule has 5 atom stereocenters. The summed E-state index contributed by atoms with van der Waals surface area (Å²) in [5.41, 5.74) is 0. The molecule has 0 amide bonds. The van der Waals surface area contributed by atoms with E-state index in [1.165, 1.54) is 6.92 Å². The van der Waals surface area contributed by atoms with E-state index in [1.807, 2.05) is 0 Å². The summed E-state index contributed by atoms with van der Waals surface area (Å²) in [6, 6.07) is 0. The van der Waals surface area contributed by atoms with Gasteiger partial charge in [-0.1, -0.05) is 15.9 Å². The third kappa shape index (κ3) is 4.90. The third-order valence-electron chi connectivity index (χ3n) is 2.93. The highest BCUT2D eigenvalue weighted by Crippen LogP contribution is 2.39. The van der Waals surface area contributed by atoms with Crippen molar-refractivity contribution in [3.63, 3.8) is 0 Å². The van der Waals surface area contributed by atoms with Crippen molar-refractivity contribution in [3.8, 4) is 0 Å². The molecule has 1 rings (SSSR count). The van der Waals surface area contributed by atoms with E-state index in [4.69, 9.17) is 18.9 Å². The lowest BCUT2D eigenvalue weighted by atomic mass is 9.94. The smallest absolute Gasteiger partial charge is 0.336 e. The quantitative estimate of drug-likeness (QED) is 0.407. The monoisotopic (exact) mass is 396 g/mol. The Hall–Kier alpha value is -1.68. The summed E-state index contributed by atoms with van der Waals surface area (Å²) in [4.78, 5) is 45.3. The maximum atomic E-state index is 11.4. The summed E-state index contributed by atoms with van der Waals surface area (Å²) in [5, 5.41) is 9.29. The number of hydrogen-bond acceptors (Lipinski definition) is 8. The Morgan fingerprint density at radius 1 is 0.957 bits per heavy atom. The highest BCUT2D eigenvalue weighted by Gasteiger charge is 2.58. The minimum Gasteiger partial charge on any atom is -0.479 e. The van der Waals surface area contributed by atoms with Crippen molar-refractivity contribution >= 4 is 39.8 Å². The van der Waals surface area contributed by atoms with Crippen LogP contribution in [0.5, 0.6) is 0 Å². The van der Waals surface area contributed by atoms with Gasteiger partial charge in [-0.3, -0.25) is 14.4 Å². The van der Waals surface area contributed by atoms with Crippen LogP contribution in [-0.2, 0) is 38.1 Å². The zero-order valence-electron chi connectivity index (χ0n) is 12.9. The second-order valence-corrected chi connectivity index (χ2v) is 6.62. The number of halogens is 1. The molecule has 1 aliphatic heterocycles. The number of hydrogen-bond donors (Lipinski definition) is 1. The summed E-state index contributed by atoms with van der Waals surface area (Å²) in [6.45, 7) is 4.67. The largest absolute Gasteiger partial charge is 0.479 e. The number of carbonyl (C=O) groups excluding carboxylic acids is 3. The predicted octanol–water partition coefficient (Wildman–Crippen LogP) is 0.376. The summed E-state index contributed by atoms with van der Waals surface area (Å²) in [6.07, 6.45) is -5.70. The van der Waals surface area contributed by atoms with Gasteiger partial charge in [0, 0.05) is 20.8 Å². The van der Waals surface area contributed by atoms with E-state index in [-0.39, 0.29) is 0 Å². The molecule has 9 nitrogen and oxygen atoms in total. The second-order valence-electron chi connectivity index (χ2n) is 5.04. The van der Waals surface area contributed by atoms with Crippen molar-refractivity contribution in [2.24, 2.45) is 0 Å². The fourth-order valence-electron chi connectivity index (χ4n) is 2.20. The zero-order valence-corrected chi connectivity index (χ0v) is 14.5. The molecule has 130 valence electrons. The van der Waals surface area contributed by atoms with Crippen LogP contribution in [0.4, 0.5) is 0 Å². The summed E-state index contributed by atoms with van der Waals surface area (Å²) >= 11 is 3.13. The molecule has 0 aromatic heterocycles. The van der Waals surface area contributed by atoms with E-state index >= 15 is 0 Å². The SMILES string of the molecule is CC(=O)O[C@H]1[C@H](OC(C)=O)[C@@H](OC(C)=O)C(C)(Br)O[C@@H]1C(=O)O. The molecule has 0 bridgehead atoms. The number of rotatable bonds is 4. The van der Waals surface area contributed by atoms with E-state index in [1.54, 1.807) is 0 Å². The Labute approximate surface area is 140 Å². The first-order valence-corrected chi connectivity index (χ1v) is 7.36. The molecule has 0 aliphatic carbocycles. The fraction of sp³-hybridized carbons (Fsp3) is 0.692. The van der Waals surface area contributed by atoms with E-state index in [0.717, 1.165) is 20.8 Å². The van der Waals surface area contributed by atoms with Crippen LogP contribution in [0, 0.1) is 0 Å². The van der Waals surface area contributed by atoms with Gasteiger partial charge in [0.2, 0.25) is 0 Å². The van der Waals surface area contributed by atoms with Gasteiger partial charge >= 0.3 is 23.9 Å². The average Bonchev–Trinajstić information content (AvgIpc) is 2.35. The average molecular weight is 397 g/mol. The second kappa shape index (κ2) is 7.26. The molecule has 1 saturated heterocycles. The molecule has 23 heavy (non-hydrogen) atoms. The summed E-state index contributed by atoms with van der Waals surface area (Å²) in [5.74, 6) is -3.71. The molecule has 0 radical (unpaired) electrons. The van der Waals surface area contributed by atoms with Crippen molar-refractivity contribution in [2.45, 2.75) is 56.6 Å². The minimum atomic E-state index is -1.63. The summed E-state index contributed by atoms with van der Waals surface area (Å²) < 4.78 is 19.0. The van der Waals surface area contributed by atoms with Gasteiger partial charge in [-0.2, -0.15) is 0 Å². The van der Waals surface area contributed by atoms with E-state index in [2.05, 4.69) is 15.9 Å². The van der Waals surface area contributed by atoms with Crippen LogP contribution in [-0.4, -0.2) is 57.9 Å². The molecule has 1 heterocycles. The van der Waals surface area contributed by atoms with Crippen LogP contribution in [0.2, 0.25) is 0 Å². The van der Waals surface area contributed by atoms with Crippen molar-refractivity contribution in [2.75, 3.05) is 0 Å². The number of ether oxygens (including phenoxy) is 4. The minimum absolute atomic E-state index is 0.711. The lowest BCUT2D eigenvalue weighted by Gasteiger charge is -2.46. The van der Waals surface area contributed by atoms with Crippen molar-refractivity contribution in [3.05, 3.63) is 0 Å². The first-order valence-electron chi connectivity index (χ1n) is 6.57. The number of esters is 3. The van der Waals surface area contributed by atoms with Gasteiger partial charge in [0.15, 0.2) is 28.9 Å². The Kier molecular flexibility index (Phi) is 6.11. The highest BCUT2D eigenvalue weighted by molar-refractivity contribution is 9.10. The number of aliphatic carboxylic acids is 1. The molecule has 0 saturated carbocycles. The fourth-order valence-corrected chi connectivity index (χ4v) is 2.76. The van der Waals surface area contributed by atoms with Crippen LogP contribution in [0.15, 0.2) is 0 Å². The standard InChI is InChI=1S/C13H17BrO9/c1-5(15)20-8-9(21-6(2)16)11(22-7(3)17)13(4,14)23-10(8)12(18)19/h8-11H,1-4H3,(H,18,19)/t8-,9-,10-,11+,13?/m0/s1.